The van der Waals surface area contributed by atoms with Gasteiger partial charge in [-0.1, -0.05) is 12.8 Å². The van der Waals surface area contributed by atoms with Crippen LogP contribution in [0.25, 0.3) is 0 Å². The number of amides is 1. The molecule has 0 aliphatic heterocycles. The second-order valence-corrected chi connectivity index (χ2v) is 4.79. The monoisotopic (exact) mass is 252 g/mol. The van der Waals surface area contributed by atoms with Crippen LogP contribution >= 0.6 is 0 Å². The molecule has 1 aromatic heterocycles. The maximum Gasteiger partial charge on any atom is 0.267 e. The number of aliphatic hydroxyl groups is 1. The van der Waals surface area contributed by atoms with Crippen LogP contribution in [0.1, 0.15) is 56.1 Å². The summed E-state index contributed by atoms with van der Waals surface area (Å²) in [5.74, 6) is -0.00384. The van der Waals surface area contributed by atoms with Crippen molar-refractivity contribution in [1.29, 1.82) is 0 Å². The van der Waals surface area contributed by atoms with Crippen molar-refractivity contribution in [1.82, 2.24) is 9.88 Å². The Bertz CT molecular complexity index is 358. The van der Waals surface area contributed by atoms with Crippen molar-refractivity contribution >= 4 is 5.91 Å². The smallest absolute Gasteiger partial charge is 0.267 e. The highest BCUT2D eigenvalue weighted by molar-refractivity contribution is 5.92. The number of aromatic nitrogens is 1. The molecule has 0 saturated heterocycles. The van der Waals surface area contributed by atoms with E-state index in [4.69, 9.17) is 5.11 Å². The van der Waals surface area contributed by atoms with Crippen LogP contribution in [0.2, 0.25) is 0 Å². The lowest BCUT2D eigenvalue weighted by Gasteiger charge is -2.12. The maximum absolute atomic E-state index is 11.9. The molecule has 0 saturated carbocycles. The van der Waals surface area contributed by atoms with E-state index >= 15 is 0 Å². The van der Waals surface area contributed by atoms with E-state index in [-0.39, 0.29) is 12.5 Å². The van der Waals surface area contributed by atoms with E-state index in [0.29, 0.717) is 12.6 Å². The summed E-state index contributed by atoms with van der Waals surface area (Å²) in [7, 11) is 0. The first-order valence-corrected chi connectivity index (χ1v) is 6.72. The average molecular weight is 252 g/mol. The van der Waals surface area contributed by atoms with Gasteiger partial charge in [-0.15, -0.1) is 0 Å². The zero-order valence-corrected chi connectivity index (χ0v) is 11.4. The summed E-state index contributed by atoms with van der Waals surface area (Å²) in [6, 6.07) is 4.04. The first-order chi connectivity index (χ1) is 8.66. The standard InChI is InChI=1S/C14H24N2O2/c1-12(2)16-10-7-8-13(16)14(18)15-9-5-3-4-6-11-17/h7-8,10,12,17H,3-6,9,11H2,1-2H3,(H,15,18). The molecule has 0 aromatic carbocycles. The van der Waals surface area contributed by atoms with Crippen LogP contribution in [-0.4, -0.2) is 28.7 Å². The van der Waals surface area contributed by atoms with Crippen molar-refractivity contribution in [3.05, 3.63) is 24.0 Å². The van der Waals surface area contributed by atoms with Gasteiger partial charge in [0.25, 0.3) is 5.91 Å². The second kappa shape index (κ2) is 7.93. The molecule has 18 heavy (non-hydrogen) atoms. The highest BCUT2D eigenvalue weighted by atomic mass is 16.2. The number of unbranched alkanes of at least 4 members (excludes halogenated alkanes) is 3. The van der Waals surface area contributed by atoms with Gasteiger partial charge in [0.15, 0.2) is 0 Å². The average Bonchev–Trinajstić information content (AvgIpc) is 2.82. The van der Waals surface area contributed by atoms with Gasteiger partial charge in [-0.2, -0.15) is 0 Å². The van der Waals surface area contributed by atoms with Crippen molar-refractivity contribution in [3.63, 3.8) is 0 Å². The number of nitrogens with zero attached hydrogens (tertiary/aromatic N) is 1. The van der Waals surface area contributed by atoms with Crippen LogP contribution in [0.4, 0.5) is 0 Å². The van der Waals surface area contributed by atoms with Gasteiger partial charge in [0.2, 0.25) is 0 Å². The molecule has 4 nitrogen and oxygen atoms in total. The van der Waals surface area contributed by atoms with E-state index in [1.54, 1.807) is 0 Å². The summed E-state index contributed by atoms with van der Waals surface area (Å²) in [6.45, 7) is 5.08. The molecule has 0 fully saturated rings. The summed E-state index contributed by atoms with van der Waals surface area (Å²) in [5.41, 5.74) is 0.723. The van der Waals surface area contributed by atoms with Crippen molar-refractivity contribution in [2.75, 3.05) is 13.2 Å². The number of aliphatic hydroxyl groups excluding tert-OH is 1. The molecule has 0 unspecified atom stereocenters. The van der Waals surface area contributed by atoms with E-state index in [9.17, 15) is 4.79 Å². The summed E-state index contributed by atoms with van der Waals surface area (Å²) >= 11 is 0. The third-order valence-corrected chi connectivity index (χ3v) is 2.94. The number of hydrogen-bond acceptors (Lipinski definition) is 2. The molecule has 0 aliphatic carbocycles. The van der Waals surface area contributed by atoms with E-state index in [1.807, 2.05) is 22.9 Å². The lowest BCUT2D eigenvalue weighted by Crippen LogP contribution is -2.27. The van der Waals surface area contributed by atoms with Gasteiger partial charge in [0.1, 0.15) is 5.69 Å². The zero-order chi connectivity index (χ0) is 13.4. The predicted octanol–water partition coefficient (Wildman–Crippen LogP) is 2.35. The number of nitrogens with one attached hydrogen (secondary N) is 1. The normalized spacial score (nSPS) is 10.9. The third-order valence-electron chi connectivity index (χ3n) is 2.94. The minimum Gasteiger partial charge on any atom is -0.396 e. The molecule has 1 aromatic rings. The summed E-state index contributed by atoms with van der Waals surface area (Å²) in [5, 5.41) is 11.6. The van der Waals surface area contributed by atoms with E-state index in [2.05, 4.69) is 19.2 Å². The van der Waals surface area contributed by atoms with Crippen LogP contribution in [0.3, 0.4) is 0 Å². The quantitative estimate of drug-likeness (QED) is 0.698. The Morgan fingerprint density at radius 3 is 2.72 bits per heavy atom. The Hall–Kier alpha value is -1.29. The van der Waals surface area contributed by atoms with Gasteiger partial charge < -0.3 is 15.0 Å². The van der Waals surface area contributed by atoms with Gasteiger partial charge in [0, 0.05) is 25.4 Å². The van der Waals surface area contributed by atoms with Gasteiger partial charge in [-0.05, 0) is 38.8 Å². The predicted molar refractivity (Wildman–Crippen MR) is 72.7 cm³/mol. The Morgan fingerprint density at radius 2 is 2.06 bits per heavy atom. The Balaban J connectivity index is 2.30. The fourth-order valence-corrected chi connectivity index (χ4v) is 1.92. The van der Waals surface area contributed by atoms with Crippen molar-refractivity contribution < 1.29 is 9.90 Å². The lowest BCUT2D eigenvalue weighted by atomic mass is 10.2. The van der Waals surface area contributed by atoms with Crippen LogP contribution < -0.4 is 5.32 Å². The zero-order valence-electron chi connectivity index (χ0n) is 11.4. The molecule has 1 rings (SSSR count). The minimum absolute atomic E-state index is 0.00384. The lowest BCUT2D eigenvalue weighted by molar-refractivity contribution is 0.0942. The SMILES string of the molecule is CC(C)n1cccc1C(=O)NCCCCCCO. The highest BCUT2D eigenvalue weighted by Crippen LogP contribution is 2.10. The Labute approximate surface area is 109 Å². The number of rotatable bonds is 8. The van der Waals surface area contributed by atoms with Crippen LogP contribution in [0.5, 0.6) is 0 Å². The molecule has 1 heterocycles. The summed E-state index contributed by atoms with van der Waals surface area (Å²) in [6.07, 6.45) is 5.82. The number of hydrogen-bond donors (Lipinski definition) is 2. The fourth-order valence-electron chi connectivity index (χ4n) is 1.92. The van der Waals surface area contributed by atoms with Crippen molar-refractivity contribution in [2.24, 2.45) is 0 Å². The number of carbonyl (C=O) groups is 1. The molecule has 0 aliphatic rings. The van der Waals surface area contributed by atoms with E-state index < -0.39 is 0 Å². The fraction of sp³-hybridized carbons (Fsp3) is 0.643. The van der Waals surface area contributed by atoms with Gasteiger partial charge in [-0.3, -0.25) is 4.79 Å². The van der Waals surface area contributed by atoms with E-state index in [0.717, 1.165) is 31.4 Å². The number of carbonyl (C=O) groups excluding carboxylic acids is 1. The molecule has 4 heteroatoms. The van der Waals surface area contributed by atoms with Crippen molar-refractivity contribution in [3.8, 4) is 0 Å². The molecule has 2 N–H and O–H groups in total. The molecule has 102 valence electrons. The molecule has 0 atom stereocenters. The molecule has 0 radical (unpaired) electrons. The molecule has 0 bridgehead atoms. The van der Waals surface area contributed by atoms with Crippen molar-refractivity contribution in [2.45, 2.75) is 45.6 Å². The topological polar surface area (TPSA) is 54.3 Å². The largest absolute Gasteiger partial charge is 0.396 e. The Morgan fingerprint density at radius 1 is 1.33 bits per heavy atom. The van der Waals surface area contributed by atoms with Crippen LogP contribution in [0.15, 0.2) is 18.3 Å². The van der Waals surface area contributed by atoms with E-state index in [1.165, 1.54) is 0 Å². The Kier molecular flexibility index (Phi) is 6.50. The molecular formula is C14H24N2O2. The molecule has 1 amide bonds. The minimum atomic E-state index is -0.00384. The molecular weight excluding hydrogens is 228 g/mol. The second-order valence-electron chi connectivity index (χ2n) is 4.79. The van der Waals surface area contributed by atoms with Gasteiger partial charge in [0.05, 0.1) is 0 Å². The summed E-state index contributed by atoms with van der Waals surface area (Å²) < 4.78 is 1.97. The van der Waals surface area contributed by atoms with Crippen LogP contribution in [-0.2, 0) is 0 Å². The third kappa shape index (κ3) is 4.53. The van der Waals surface area contributed by atoms with Crippen LogP contribution in [0, 0.1) is 0 Å². The maximum atomic E-state index is 11.9. The first-order valence-electron chi connectivity index (χ1n) is 6.72. The first kappa shape index (κ1) is 14.8. The molecule has 0 spiro atoms. The highest BCUT2D eigenvalue weighted by Gasteiger charge is 2.11. The van der Waals surface area contributed by atoms with Gasteiger partial charge >= 0.3 is 0 Å². The summed E-state index contributed by atoms with van der Waals surface area (Å²) in [4.78, 5) is 11.9. The van der Waals surface area contributed by atoms with Gasteiger partial charge in [-0.25, -0.2) is 0 Å².